The molecule has 0 spiro atoms. The Kier molecular flexibility index (Phi) is 47.9. The molecule has 0 bridgehead atoms. The highest BCUT2D eigenvalue weighted by molar-refractivity contribution is 7.57. The van der Waals surface area contributed by atoms with Gasteiger partial charge in [-0.2, -0.15) is 0 Å². The first-order valence-corrected chi connectivity index (χ1v) is 46.4. The standard InChI is InChI=1S/C20H31FNOPSi2.C16H20NO3P.C16H20NO2P.2C15H18NO2P.5ClH/c1-22-13-14-10-15(21)8-9-17(14)24-18-11-16(25(2,3)4)12-19(20(18)23)26(5,6)7;1-17-10-11-6-4-5-7-14(11)21-15-9-12(19-2)8-13(20-3)16(15)18;1-11-6-4-7-12(10-17-2)16(11)20-14-9-5-8-13(19-3)15(14)18;1-16-10-11-6-3-4-8-13(11)19-14-9-5-7-12(18-2)15(14)17;1-16-10-11-5-3-4-6-14(11)19-15-9-12(18-2)7-8-13(15)17;;;;;/h8-12,22-24H,13H2,1-7H3;4-9,17-18,21H,10H2,1-3H3;4-9,17-18,20H,10H2,1-3H3;2*3-9,16-17,19H,10H2,1-2H3;5*1H. The molecular weight excluding hydrogens is 1620 g/mol. The van der Waals surface area contributed by atoms with Crippen molar-refractivity contribution in [2.75, 3.05) is 70.8 Å². The Morgan fingerprint density at radius 2 is 0.709 bits per heavy atom. The Balaban J connectivity index is 0.000000683. The van der Waals surface area contributed by atoms with Crippen molar-refractivity contribution >= 4 is 185 Å². The van der Waals surface area contributed by atoms with Crippen LogP contribution < -0.4 is 114 Å². The third kappa shape index (κ3) is 30.7. The van der Waals surface area contributed by atoms with E-state index in [1.54, 1.807) is 64.8 Å². The minimum Gasteiger partial charge on any atom is -0.507 e. The van der Waals surface area contributed by atoms with E-state index in [2.05, 4.69) is 140 Å². The molecule has 10 N–H and O–H groups in total. The molecule has 0 radical (unpaired) electrons. The van der Waals surface area contributed by atoms with Gasteiger partial charge in [-0.05, 0) is 156 Å². The van der Waals surface area contributed by atoms with Crippen LogP contribution in [-0.4, -0.2) is 112 Å². The van der Waals surface area contributed by atoms with Crippen molar-refractivity contribution in [3.63, 3.8) is 0 Å². The van der Waals surface area contributed by atoms with E-state index in [0.717, 1.165) is 74.5 Å². The summed E-state index contributed by atoms with van der Waals surface area (Å²) in [5, 5.41) is 80.5. The van der Waals surface area contributed by atoms with E-state index >= 15 is 0 Å². The molecule has 5 atom stereocenters. The summed E-state index contributed by atoms with van der Waals surface area (Å²) in [6.07, 6.45) is 0. The lowest BCUT2D eigenvalue weighted by molar-refractivity contribution is 0.366. The molecule has 0 fully saturated rings. The number of aromatic hydroxyl groups is 5. The Morgan fingerprint density at radius 3 is 1.16 bits per heavy atom. The Hall–Kier alpha value is -6.04. The minimum atomic E-state index is -1.67. The summed E-state index contributed by atoms with van der Waals surface area (Å²) in [5.74, 6) is 4.14. The van der Waals surface area contributed by atoms with Gasteiger partial charge in [0.15, 0.2) is 34.5 Å². The van der Waals surface area contributed by atoms with Gasteiger partial charge in [-0.1, -0.05) is 221 Å². The van der Waals surface area contributed by atoms with Crippen LogP contribution in [0.2, 0.25) is 39.3 Å². The largest absolute Gasteiger partial charge is 0.507 e. The number of aryl methyl sites for hydroxylation is 1. The zero-order valence-electron chi connectivity index (χ0n) is 65.6. The van der Waals surface area contributed by atoms with Crippen molar-refractivity contribution in [1.82, 2.24) is 26.6 Å². The average molecular weight is 1740 g/mol. The molecule has 10 aromatic carbocycles. The molecule has 15 nitrogen and oxygen atoms in total. The zero-order chi connectivity index (χ0) is 76.8. The lowest BCUT2D eigenvalue weighted by Crippen LogP contribution is -2.47. The summed E-state index contributed by atoms with van der Waals surface area (Å²) in [6.45, 7) is 19.8. The molecule has 28 heteroatoms. The summed E-state index contributed by atoms with van der Waals surface area (Å²) < 4.78 is 39.7. The Bertz CT molecular complexity index is 4390. The van der Waals surface area contributed by atoms with Gasteiger partial charge in [0.1, 0.15) is 28.8 Å². The number of rotatable bonds is 27. The number of ether oxygens (including phenoxy) is 5. The third-order valence-electron chi connectivity index (χ3n) is 16.6. The minimum absolute atomic E-state index is 0. The number of phenols is 5. The van der Waals surface area contributed by atoms with Crippen LogP contribution in [0, 0.1) is 12.7 Å². The van der Waals surface area contributed by atoms with Gasteiger partial charge >= 0.3 is 0 Å². The number of halogens is 6. The first-order chi connectivity index (χ1) is 50.3. The number of hydrogen-bond acceptors (Lipinski definition) is 15. The molecule has 5 unspecified atom stereocenters. The number of nitrogens with one attached hydrogen (secondary N) is 5. The van der Waals surface area contributed by atoms with Crippen LogP contribution in [0.15, 0.2) is 188 Å². The number of hydrogen-bond donors (Lipinski definition) is 10. The molecular formula is C82H112Cl5FN5O10P5Si2. The summed E-state index contributed by atoms with van der Waals surface area (Å²) in [4.78, 5) is 0. The van der Waals surface area contributed by atoms with Crippen LogP contribution in [0.25, 0.3) is 0 Å². The molecule has 10 rings (SSSR count). The second kappa shape index (κ2) is 51.6. The van der Waals surface area contributed by atoms with Gasteiger partial charge < -0.3 is 75.8 Å². The van der Waals surface area contributed by atoms with Gasteiger partial charge in [-0.25, -0.2) is 4.39 Å². The van der Waals surface area contributed by atoms with Gasteiger partial charge in [-0.3, -0.25) is 0 Å². The fourth-order valence-electron chi connectivity index (χ4n) is 10.9. The molecule has 10 aromatic rings. The number of methoxy groups -OCH3 is 5. The molecule has 0 amide bonds. The van der Waals surface area contributed by atoms with Crippen LogP contribution in [0.5, 0.6) is 57.5 Å². The molecule has 0 saturated heterocycles. The normalized spacial score (nSPS) is 11.0. The van der Waals surface area contributed by atoms with Crippen LogP contribution in [0.3, 0.4) is 0 Å². The van der Waals surface area contributed by atoms with E-state index in [1.165, 1.54) is 67.4 Å². The van der Waals surface area contributed by atoms with Gasteiger partial charge in [0.2, 0.25) is 0 Å². The Labute approximate surface area is 694 Å². The molecule has 0 heterocycles. The molecule has 0 saturated carbocycles. The fourth-order valence-corrected chi connectivity index (χ4v) is 20.2. The van der Waals surface area contributed by atoms with Crippen molar-refractivity contribution in [2.24, 2.45) is 0 Å². The molecule has 0 aliphatic carbocycles. The van der Waals surface area contributed by atoms with Crippen LogP contribution in [0.4, 0.5) is 4.39 Å². The Morgan fingerprint density at radius 1 is 0.327 bits per heavy atom. The molecule has 110 heavy (non-hydrogen) atoms. The lowest BCUT2D eigenvalue weighted by atomic mass is 10.1. The highest BCUT2D eigenvalue weighted by Crippen LogP contribution is 2.35. The lowest BCUT2D eigenvalue weighted by Gasteiger charge is -2.26. The maximum absolute atomic E-state index is 13.7. The average Bonchev–Trinajstić information content (AvgIpc) is 0.774. The highest BCUT2D eigenvalue weighted by Gasteiger charge is 2.28. The number of phenolic OH excluding ortho intramolecular Hbond substituents is 5. The first kappa shape index (κ1) is 102. The van der Waals surface area contributed by atoms with Gasteiger partial charge in [0, 0.05) is 65.3 Å². The summed E-state index contributed by atoms with van der Waals surface area (Å²) in [5.41, 5.74) is 7.21. The predicted octanol–water partition coefficient (Wildman–Crippen LogP) is 12.4. The zero-order valence-corrected chi connectivity index (χ0v) is 76.7. The molecule has 600 valence electrons. The van der Waals surface area contributed by atoms with Gasteiger partial charge in [0.05, 0.1) is 51.7 Å². The summed E-state index contributed by atoms with van der Waals surface area (Å²) in [7, 11) is 16.2. The van der Waals surface area contributed by atoms with E-state index in [4.69, 9.17) is 23.7 Å². The van der Waals surface area contributed by atoms with Crippen molar-refractivity contribution in [1.29, 1.82) is 0 Å². The predicted molar refractivity (Wildman–Crippen MR) is 494 cm³/mol. The van der Waals surface area contributed by atoms with E-state index < -0.39 is 16.1 Å². The van der Waals surface area contributed by atoms with Crippen LogP contribution in [0.1, 0.15) is 33.4 Å². The first-order valence-electron chi connectivity index (χ1n) is 34.4. The van der Waals surface area contributed by atoms with Crippen molar-refractivity contribution in [2.45, 2.75) is 78.9 Å². The number of benzene rings is 10. The monoisotopic (exact) mass is 1730 g/mol. The molecule has 0 aliphatic heterocycles. The SMILES string of the molecule is CNCc1cc(F)ccc1Pc1cc([Si](C)(C)C)cc([Si](C)(C)C)c1O.CNCc1cccc(C)c1Pc1cccc(OC)c1O.CNCc1ccccc1Pc1cc(OC)cc(OC)c1O.CNCc1ccccc1Pc1cc(OC)ccc1O.CNCc1ccccc1Pc1cccc(OC)c1O.Cl.Cl.Cl.Cl.Cl. The molecule has 0 aromatic heterocycles. The van der Waals surface area contributed by atoms with Crippen molar-refractivity contribution in [3.05, 3.63) is 227 Å². The highest BCUT2D eigenvalue weighted by atomic mass is 35.5. The van der Waals surface area contributed by atoms with Gasteiger partial charge in [-0.15, -0.1) is 62.0 Å². The topological polar surface area (TPSA) is 207 Å². The third-order valence-corrected chi connectivity index (χ3v) is 27.9. The van der Waals surface area contributed by atoms with Crippen LogP contribution in [-0.2, 0) is 32.7 Å². The quantitative estimate of drug-likeness (QED) is 0.0172. The van der Waals surface area contributed by atoms with E-state index in [1.807, 2.05) is 114 Å². The van der Waals surface area contributed by atoms with E-state index in [9.17, 15) is 29.9 Å². The van der Waals surface area contributed by atoms with E-state index in [-0.39, 0.29) is 85.1 Å². The van der Waals surface area contributed by atoms with Crippen LogP contribution >= 0.6 is 105 Å². The van der Waals surface area contributed by atoms with Gasteiger partial charge in [0.25, 0.3) is 0 Å². The second-order valence-corrected chi connectivity index (χ2v) is 43.1. The maximum atomic E-state index is 13.7. The maximum Gasteiger partial charge on any atom is 0.165 e. The van der Waals surface area contributed by atoms with Crippen molar-refractivity contribution < 1.29 is 53.6 Å². The summed E-state index contributed by atoms with van der Waals surface area (Å²) >= 11 is 0. The number of para-hydroxylation sites is 2. The van der Waals surface area contributed by atoms with E-state index in [0.29, 0.717) is 83.9 Å². The van der Waals surface area contributed by atoms with Crippen molar-refractivity contribution in [3.8, 4) is 57.5 Å². The smallest absolute Gasteiger partial charge is 0.165 e. The molecule has 0 aliphatic rings. The summed E-state index contributed by atoms with van der Waals surface area (Å²) in [6, 6.07) is 60.6. The second-order valence-electron chi connectivity index (χ2n) is 26.4. The fraction of sp³-hybridized carbons (Fsp3) is 0.268.